The summed E-state index contributed by atoms with van der Waals surface area (Å²) in [5, 5.41) is 0. The van der Waals surface area contributed by atoms with E-state index in [0.29, 0.717) is 5.84 Å². The first-order valence-electron chi connectivity index (χ1n) is 10.1. The Kier molecular flexibility index (Phi) is 6.83. The molecule has 0 aliphatic carbocycles. The molecular weight excluding hydrogens is 360 g/mol. The van der Waals surface area contributed by atoms with Crippen molar-refractivity contribution in [1.82, 2.24) is 4.90 Å². The average Bonchev–Trinajstić information content (AvgIpc) is 2.73. The van der Waals surface area contributed by atoms with Crippen molar-refractivity contribution in [2.45, 2.75) is 39.3 Å². The minimum absolute atomic E-state index is 0.0979. The first-order valence-corrected chi connectivity index (χ1v) is 10.1. The fraction of sp³-hybridized carbons (Fsp3) is 0.333. The van der Waals surface area contributed by atoms with Crippen LogP contribution in [0.4, 0.5) is 5.69 Å². The largest absolute Gasteiger partial charge is 0.387 e. The molecule has 1 unspecified atom stereocenters. The number of rotatable bonds is 6. The van der Waals surface area contributed by atoms with Crippen LogP contribution in [0.5, 0.6) is 0 Å². The third kappa shape index (κ3) is 5.12. The number of amides is 1. The molecule has 2 aromatic carbocycles. The van der Waals surface area contributed by atoms with Gasteiger partial charge in [0.25, 0.3) is 0 Å². The van der Waals surface area contributed by atoms with E-state index in [9.17, 15) is 4.79 Å². The Bertz CT molecular complexity index is 883. The molecule has 1 atom stereocenters. The number of likely N-dealkylation sites (N-methyl/N-ethyl adjacent to an activating group) is 1. The molecule has 2 N–H and O–H groups in total. The summed E-state index contributed by atoms with van der Waals surface area (Å²) in [6.07, 6.45) is 3.82. The fourth-order valence-electron chi connectivity index (χ4n) is 3.80. The number of carbonyl (C=O) groups is 1. The fourth-order valence-corrected chi connectivity index (χ4v) is 3.80. The monoisotopic (exact) mass is 390 g/mol. The molecule has 152 valence electrons. The Morgan fingerprint density at radius 2 is 1.90 bits per heavy atom. The molecule has 0 saturated carbocycles. The summed E-state index contributed by atoms with van der Waals surface area (Å²) in [7, 11) is 2.04. The highest BCUT2D eigenvalue weighted by Gasteiger charge is 2.32. The zero-order valence-electron chi connectivity index (χ0n) is 17.5. The van der Waals surface area contributed by atoms with E-state index in [1.165, 1.54) is 5.56 Å². The van der Waals surface area contributed by atoms with Crippen molar-refractivity contribution in [2.24, 2.45) is 10.7 Å². The maximum Gasteiger partial charge on any atom is 0.244 e. The summed E-state index contributed by atoms with van der Waals surface area (Å²) >= 11 is 0. The number of amidine groups is 1. The standard InChI is InChI=1S/C24H30N4O/c1-4-22(26-18(2)25)20-12-14-21(15-13-20)28-16-8-11-23(24(28)29)27(3)17-19-9-6-5-7-10-19/h4-7,9-10,12-15,23H,8,11,16-17H2,1-3H3,(H2,25,26)/b22-4-. The van der Waals surface area contributed by atoms with Gasteiger partial charge in [-0.1, -0.05) is 48.5 Å². The number of aliphatic imine (C=N–C) groups is 1. The molecule has 0 radical (unpaired) electrons. The van der Waals surface area contributed by atoms with E-state index in [-0.39, 0.29) is 11.9 Å². The molecule has 1 aliphatic rings. The van der Waals surface area contributed by atoms with Crippen molar-refractivity contribution in [3.63, 3.8) is 0 Å². The van der Waals surface area contributed by atoms with Crippen LogP contribution in [-0.4, -0.2) is 36.3 Å². The van der Waals surface area contributed by atoms with E-state index in [0.717, 1.165) is 42.9 Å². The van der Waals surface area contributed by atoms with Crippen molar-refractivity contribution < 1.29 is 4.79 Å². The van der Waals surface area contributed by atoms with Crippen molar-refractivity contribution >= 4 is 23.1 Å². The Balaban J connectivity index is 1.73. The van der Waals surface area contributed by atoms with Crippen molar-refractivity contribution in [3.05, 3.63) is 71.8 Å². The summed E-state index contributed by atoms with van der Waals surface area (Å²) in [6.45, 7) is 5.24. The summed E-state index contributed by atoms with van der Waals surface area (Å²) in [4.78, 5) is 21.6. The molecule has 5 heteroatoms. The predicted octanol–water partition coefficient (Wildman–Crippen LogP) is 4.05. The lowest BCUT2D eigenvalue weighted by molar-refractivity contribution is -0.125. The predicted molar refractivity (Wildman–Crippen MR) is 121 cm³/mol. The molecular formula is C24H30N4O. The van der Waals surface area contributed by atoms with E-state index < -0.39 is 0 Å². The lowest BCUT2D eigenvalue weighted by Crippen LogP contribution is -2.51. The third-order valence-corrected chi connectivity index (χ3v) is 5.26. The molecule has 0 spiro atoms. The molecule has 29 heavy (non-hydrogen) atoms. The summed E-state index contributed by atoms with van der Waals surface area (Å²) < 4.78 is 0. The molecule has 1 saturated heterocycles. The number of benzene rings is 2. The van der Waals surface area contributed by atoms with Gasteiger partial charge in [0.1, 0.15) is 0 Å². The van der Waals surface area contributed by atoms with Gasteiger partial charge in [0, 0.05) is 18.8 Å². The summed E-state index contributed by atoms with van der Waals surface area (Å²) in [5.74, 6) is 0.696. The Morgan fingerprint density at radius 1 is 1.21 bits per heavy atom. The van der Waals surface area contributed by atoms with Gasteiger partial charge in [-0.05, 0) is 57.0 Å². The Hall–Kier alpha value is -2.92. The summed E-state index contributed by atoms with van der Waals surface area (Å²) in [6, 6.07) is 18.2. The van der Waals surface area contributed by atoms with Crippen LogP contribution >= 0.6 is 0 Å². The minimum atomic E-state index is -0.0979. The molecule has 3 rings (SSSR count). The number of anilines is 1. The number of hydrogen-bond acceptors (Lipinski definition) is 3. The second-order valence-corrected chi connectivity index (χ2v) is 7.52. The second kappa shape index (κ2) is 9.52. The number of carbonyl (C=O) groups excluding carboxylic acids is 1. The molecule has 1 amide bonds. The first kappa shape index (κ1) is 20.8. The van der Waals surface area contributed by atoms with E-state index in [2.05, 4.69) is 22.0 Å². The average molecular weight is 391 g/mol. The van der Waals surface area contributed by atoms with E-state index in [4.69, 9.17) is 5.73 Å². The van der Waals surface area contributed by atoms with Gasteiger partial charge in [-0.3, -0.25) is 9.69 Å². The second-order valence-electron chi connectivity index (χ2n) is 7.52. The Morgan fingerprint density at radius 3 is 2.52 bits per heavy atom. The van der Waals surface area contributed by atoms with Crippen molar-refractivity contribution in [2.75, 3.05) is 18.5 Å². The first-order chi connectivity index (χ1) is 14.0. The van der Waals surface area contributed by atoms with Gasteiger partial charge in [-0.25, -0.2) is 4.99 Å². The van der Waals surface area contributed by atoms with Gasteiger partial charge >= 0.3 is 0 Å². The van der Waals surface area contributed by atoms with Gasteiger partial charge in [0.2, 0.25) is 5.91 Å². The number of piperidine rings is 1. The highest BCUT2D eigenvalue weighted by molar-refractivity contribution is 5.98. The number of hydrogen-bond donors (Lipinski definition) is 1. The zero-order chi connectivity index (χ0) is 20.8. The molecule has 0 bridgehead atoms. The Labute approximate surface area is 173 Å². The quantitative estimate of drug-likeness (QED) is 0.598. The van der Waals surface area contributed by atoms with Crippen LogP contribution in [0.3, 0.4) is 0 Å². The smallest absolute Gasteiger partial charge is 0.244 e. The molecule has 2 aromatic rings. The van der Waals surface area contributed by atoms with Gasteiger partial charge < -0.3 is 10.6 Å². The van der Waals surface area contributed by atoms with Crippen LogP contribution in [0, 0.1) is 0 Å². The molecule has 5 nitrogen and oxygen atoms in total. The molecule has 1 fully saturated rings. The lowest BCUT2D eigenvalue weighted by atomic mass is 10.0. The van der Waals surface area contributed by atoms with Crippen LogP contribution in [0.15, 0.2) is 65.7 Å². The van der Waals surface area contributed by atoms with Gasteiger partial charge in [0.15, 0.2) is 0 Å². The van der Waals surface area contributed by atoms with Crippen molar-refractivity contribution in [3.8, 4) is 0 Å². The maximum atomic E-state index is 13.2. The lowest BCUT2D eigenvalue weighted by Gasteiger charge is -2.37. The third-order valence-electron chi connectivity index (χ3n) is 5.26. The molecule has 1 aliphatic heterocycles. The van der Waals surface area contributed by atoms with E-state index >= 15 is 0 Å². The number of nitrogens with zero attached hydrogens (tertiary/aromatic N) is 3. The number of nitrogens with two attached hydrogens (primary N) is 1. The zero-order valence-corrected chi connectivity index (χ0v) is 17.5. The van der Waals surface area contributed by atoms with Crippen LogP contribution in [-0.2, 0) is 11.3 Å². The topological polar surface area (TPSA) is 61.9 Å². The highest BCUT2D eigenvalue weighted by Crippen LogP contribution is 2.26. The van der Waals surface area contributed by atoms with Crippen LogP contribution < -0.4 is 10.6 Å². The SMILES string of the molecule is C/C=C(\N=C(C)N)c1ccc(N2CCCC(N(C)Cc3ccccc3)C2=O)cc1. The van der Waals surface area contributed by atoms with Gasteiger partial charge in [-0.2, -0.15) is 0 Å². The van der Waals surface area contributed by atoms with Crippen LogP contribution in [0.25, 0.3) is 5.70 Å². The molecule has 0 aromatic heterocycles. The summed E-state index contributed by atoms with van der Waals surface area (Å²) in [5.41, 5.74) is 9.70. The van der Waals surface area contributed by atoms with Gasteiger partial charge in [-0.15, -0.1) is 0 Å². The van der Waals surface area contributed by atoms with Crippen LogP contribution in [0.2, 0.25) is 0 Å². The van der Waals surface area contributed by atoms with E-state index in [1.807, 2.05) is 67.4 Å². The normalized spacial score (nSPS) is 18.4. The van der Waals surface area contributed by atoms with Crippen LogP contribution in [0.1, 0.15) is 37.8 Å². The molecule has 1 heterocycles. The van der Waals surface area contributed by atoms with Gasteiger partial charge in [0.05, 0.1) is 17.6 Å². The van der Waals surface area contributed by atoms with E-state index in [1.54, 1.807) is 6.92 Å². The highest BCUT2D eigenvalue weighted by atomic mass is 16.2. The minimum Gasteiger partial charge on any atom is -0.387 e. The van der Waals surface area contributed by atoms with Crippen molar-refractivity contribution in [1.29, 1.82) is 0 Å². The maximum absolute atomic E-state index is 13.2. The number of allylic oxidation sites excluding steroid dienone is 1.